The molecule has 0 aliphatic carbocycles. The minimum absolute atomic E-state index is 0.170. The Balaban J connectivity index is 2.89. The zero-order valence-electron chi connectivity index (χ0n) is 10.8. The summed E-state index contributed by atoms with van der Waals surface area (Å²) < 4.78 is 19.6. The van der Waals surface area contributed by atoms with E-state index in [4.69, 9.17) is 18.9 Å². The van der Waals surface area contributed by atoms with Crippen LogP contribution < -0.4 is 0 Å². The van der Waals surface area contributed by atoms with Gasteiger partial charge in [-0.2, -0.15) is 0 Å². The minimum Gasteiger partial charge on any atom is -0.456 e. The van der Waals surface area contributed by atoms with E-state index in [1.54, 1.807) is 0 Å². The standard InChI is InChI=1S/C11H16O8/c1-5(12)17-8-4-16-11(15)10(19-7(3)14)9(8)18-6(2)13/h8-11,15H,4H2,1-3H3/t8-,9-,10?,11+/m1/s1. The second kappa shape index (κ2) is 6.48. The molecular weight excluding hydrogens is 260 g/mol. The molecule has 0 saturated carbocycles. The second-order valence-corrected chi connectivity index (χ2v) is 4.02. The number of aliphatic hydroxyl groups is 1. The predicted octanol–water partition coefficient (Wildman–Crippen LogP) is -0.870. The largest absolute Gasteiger partial charge is 0.456 e. The molecule has 1 rings (SSSR count). The maximum atomic E-state index is 11.1. The van der Waals surface area contributed by atoms with Crippen LogP contribution in [0.3, 0.4) is 0 Å². The molecule has 0 aromatic rings. The van der Waals surface area contributed by atoms with Crippen molar-refractivity contribution >= 4 is 17.9 Å². The summed E-state index contributed by atoms with van der Waals surface area (Å²) in [5, 5.41) is 9.62. The Labute approximate surface area is 109 Å². The highest BCUT2D eigenvalue weighted by Crippen LogP contribution is 2.23. The molecule has 0 amide bonds. The van der Waals surface area contributed by atoms with Gasteiger partial charge in [0.25, 0.3) is 0 Å². The van der Waals surface area contributed by atoms with Crippen LogP contribution in [-0.2, 0) is 33.3 Å². The van der Waals surface area contributed by atoms with Crippen LogP contribution in [0.5, 0.6) is 0 Å². The Bertz CT molecular complexity index is 366. The van der Waals surface area contributed by atoms with Gasteiger partial charge in [0.1, 0.15) is 0 Å². The third kappa shape index (κ3) is 4.49. The van der Waals surface area contributed by atoms with Gasteiger partial charge in [0, 0.05) is 20.8 Å². The third-order valence-electron chi connectivity index (χ3n) is 2.32. The van der Waals surface area contributed by atoms with Gasteiger partial charge in [-0.3, -0.25) is 14.4 Å². The summed E-state index contributed by atoms with van der Waals surface area (Å²) in [7, 11) is 0. The number of hydrogen-bond donors (Lipinski definition) is 1. The van der Waals surface area contributed by atoms with Crippen LogP contribution in [0.1, 0.15) is 20.8 Å². The average molecular weight is 276 g/mol. The van der Waals surface area contributed by atoms with Crippen LogP contribution in [0.25, 0.3) is 0 Å². The van der Waals surface area contributed by atoms with Gasteiger partial charge in [-0.25, -0.2) is 0 Å². The van der Waals surface area contributed by atoms with E-state index < -0.39 is 42.5 Å². The van der Waals surface area contributed by atoms with E-state index in [1.807, 2.05) is 0 Å². The lowest BCUT2D eigenvalue weighted by Gasteiger charge is -2.38. The van der Waals surface area contributed by atoms with E-state index in [2.05, 4.69) is 0 Å². The van der Waals surface area contributed by atoms with Gasteiger partial charge in [0.2, 0.25) is 0 Å². The maximum Gasteiger partial charge on any atom is 0.303 e. The maximum absolute atomic E-state index is 11.1. The summed E-state index contributed by atoms with van der Waals surface area (Å²) >= 11 is 0. The van der Waals surface area contributed by atoms with Gasteiger partial charge in [0.15, 0.2) is 24.6 Å². The van der Waals surface area contributed by atoms with Gasteiger partial charge < -0.3 is 24.1 Å². The number of esters is 3. The van der Waals surface area contributed by atoms with Crippen molar-refractivity contribution < 1.29 is 38.4 Å². The molecule has 0 bridgehead atoms. The van der Waals surface area contributed by atoms with E-state index in [9.17, 15) is 19.5 Å². The summed E-state index contributed by atoms with van der Waals surface area (Å²) in [6.45, 7) is 3.29. The highest BCUT2D eigenvalue weighted by Gasteiger charge is 2.46. The van der Waals surface area contributed by atoms with Gasteiger partial charge >= 0.3 is 17.9 Å². The fourth-order valence-electron chi connectivity index (χ4n) is 1.72. The lowest BCUT2D eigenvalue weighted by molar-refractivity contribution is -0.267. The van der Waals surface area contributed by atoms with E-state index >= 15 is 0 Å². The summed E-state index contributed by atoms with van der Waals surface area (Å²) in [6, 6.07) is 0. The summed E-state index contributed by atoms with van der Waals surface area (Å²) in [5.74, 6) is -1.95. The van der Waals surface area contributed by atoms with Crippen LogP contribution in [0, 0.1) is 0 Å². The monoisotopic (exact) mass is 276 g/mol. The Morgan fingerprint density at radius 2 is 1.42 bits per heavy atom. The van der Waals surface area contributed by atoms with Crippen LogP contribution in [0.4, 0.5) is 0 Å². The molecule has 4 atom stereocenters. The van der Waals surface area contributed by atoms with Crippen LogP contribution in [0.2, 0.25) is 0 Å². The molecule has 1 fully saturated rings. The minimum atomic E-state index is -1.46. The summed E-state index contributed by atoms with van der Waals surface area (Å²) in [4.78, 5) is 33.0. The lowest BCUT2D eigenvalue weighted by atomic mass is 10.0. The highest BCUT2D eigenvalue weighted by molar-refractivity contribution is 5.68. The third-order valence-corrected chi connectivity index (χ3v) is 2.32. The van der Waals surface area contributed by atoms with E-state index in [-0.39, 0.29) is 6.61 Å². The first kappa shape index (κ1) is 15.4. The van der Waals surface area contributed by atoms with Crippen molar-refractivity contribution in [1.82, 2.24) is 0 Å². The molecule has 1 aliphatic heterocycles. The molecule has 1 aliphatic rings. The average Bonchev–Trinajstić information content (AvgIpc) is 2.25. The normalized spacial score (nSPS) is 30.3. The van der Waals surface area contributed by atoms with Gasteiger partial charge in [0.05, 0.1) is 6.61 Å². The van der Waals surface area contributed by atoms with Gasteiger partial charge in [-0.15, -0.1) is 0 Å². The molecule has 108 valence electrons. The number of carbonyl (C=O) groups excluding carboxylic acids is 3. The molecule has 1 N–H and O–H groups in total. The molecule has 8 nitrogen and oxygen atoms in total. The first-order valence-corrected chi connectivity index (χ1v) is 5.62. The SMILES string of the molecule is CC(=O)OC1[C@@H](O)OC[C@@H](OC(C)=O)[C@H]1OC(C)=O. The van der Waals surface area contributed by atoms with Crippen LogP contribution >= 0.6 is 0 Å². The van der Waals surface area contributed by atoms with Crippen molar-refractivity contribution in [3.8, 4) is 0 Å². The molecule has 0 radical (unpaired) electrons. The van der Waals surface area contributed by atoms with E-state index in [1.165, 1.54) is 6.92 Å². The quantitative estimate of drug-likeness (QED) is 0.523. The van der Waals surface area contributed by atoms with Gasteiger partial charge in [-0.1, -0.05) is 0 Å². The summed E-state index contributed by atoms with van der Waals surface area (Å²) in [5.41, 5.74) is 0. The first-order chi connectivity index (χ1) is 8.81. The zero-order chi connectivity index (χ0) is 14.6. The Morgan fingerprint density at radius 3 is 1.89 bits per heavy atom. The van der Waals surface area contributed by atoms with Gasteiger partial charge in [-0.05, 0) is 0 Å². The number of hydrogen-bond acceptors (Lipinski definition) is 8. The predicted molar refractivity (Wildman–Crippen MR) is 58.6 cm³/mol. The van der Waals surface area contributed by atoms with Crippen molar-refractivity contribution in [2.75, 3.05) is 6.61 Å². The van der Waals surface area contributed by atoms with Crippen molar-refractivity contribution in [2.24, 2.45) is 0 Å². The number of carbonyl (C=O) groups is 3. The Hall–Kier alpha value is -1.67. The molecule has 1 saturated heterocycles. The van der Waals surface area contributed by atoms with Crippen molar-refractivity contribution in [3.63, 3.8) is 0 Å². The van der Waals surface area contributed by atoms with Crippen LogP contribution in [-0.4, -0.2) is 54.2 Å². The molecular formula is C11H16O8. The zero-order valence-corrected chi connectivity index (χ0v) is 10.8. The fourth-order valence-corrected chi connectivity index (χ4v) is 1.72. The number of aliphatic hydroxyl groups excluding tert-OH is 1. The lowest BCUT2D eigenvalue weighted by Crippen LogP contribution is -2.57. The molecule has 1 unspecified atom stereocenters. The number of rotatable bonds is 3. The molecule has 0 aromatic heterocycles. The molecule has 8 heteroatoms. The summed E-state index contributed by atoms with van der Waals surface area (Å²) in [6.07, 6.45) is -4.78. The second-order valence-electron chi connectivity index (χ2n) is 4.02. The van der Waals surface area contributed by atoms with E-state index in [0.29, 0.717) is 0 Å². The van der Waals surface area contributed by atoms with Crippen molar-refractivity contribution in [2.45, 2.75) is 45.4 Å². The fraction of sp³-hybridized carbons (Fsp3) is 0.727. The Morgan fingerprint density at radius 1 is 0.947 bits per heavy atom. The Kier molecular flexibility index (Phi) is 5.25. The van der Waals surface area contributed by atoms with Crippen molar-refractivity contribution in [1.29, 1.82) is 0 Å². The first-order valence-electron chi connectivity index (χ1n) is 5.62. The molecule has 1 heterocycles. The topological polar surface area (TPSA) is 108 Å². The van der Waals surface area contributed by atoms with Crippen molar-refractivity contribution in [3.05, 3.63) is 0 Å². The number of ether oxygens (including phenoxy) is 4. The van der Waals surface area contributed by atoms with E-state index in [0.717, 1.165) is 13.8 Å². The highest BCUT2D eigenvalue weighted by atomic mass is 16.7. The molecule has 19 heavy (non-hydrogen) atoms. The van der Waals surface area contributed by atoms with Crippen LogP contribution in [0.15, 0.2) is 0 Å². The smallest absolute Gasteiger partial charge is 0.303 e. The molecule has 0 spiro atoms. The molecule has 0 aromatic carbocycles.